The number of aryl methyl sites for hydroxylation is 1. The number of nitrogens with zero attached hydrogens (tertiary/aromatic N) is 5. The highest BCUT2D eigenvalue weighted by atomic mass is 127. The molecule has 0 amide bonds. The Bertz CT molecular complexity index is 509. The molecule has 1 atom stereocenters. The van der Waals surface area contributed by atoms with Gasteiger partial charge in [0.15, 0.2) is 5.96 Å². The van der Waals surface area contributed by atoms with Crippen LogP contribution in [0.5, 0.6) is 0 Å². The van der Waals surface area contributed by atoms with Crippen molar-refractivity contribution in [3.63, 3.8) is 0 Å². The molecule has 7 nitrogen and oxygen atoms in total. The van der Waals surface area contributed by atoms with Crippen molar-refractivity contribution in [3.8, 4) is 0 Å². The Labute approximate surface area is 169 Å². The Balaban J connectivity index is 0.00000312. The van der Waals surface area contributed by atoms with Gasteiger partial charge >= 0.3 is 0 Å². The number of aromatic nitrogens is 2. The van der Waals surface area contributed by atoms with Gasteiger partial charge in [0, 0.05) is 59.6 Å². The molecule has 0 radical (unpaired) electrons. The van der Waals surface area contributed by atoms with E-state index in [4.69, 9.17) is 0 Å². The summed E-state index contributed by atoms with van der Waals surface area (Å²) < 4.78 is 1.87. The van der Waals surface area contributed by atoms with Gasteiger partial charge in [-0.3, -0.25) is 9.67 Å². The van der Waals surface area contributed by atoms with Crippen LogP contribution in [-0.2, 0) is 13.6 Å². The van der Waals surface area contributed by atoms with E-state index in [-0.39, 0.29) is 24.0 Å². The van der Waals surface area contributed by atoms with Crippen LogP contribution < -0.4 is 10.6 Å². The molecule has 1 aliphatic heterocycles. The van der Waals surface area contributed by atoms with Gasteiger partial charge in [0.05, 0.1) is 12.2 Å². The van der Waals surface area contributed by atoms with Crippen molar-refractivity contribution < 1.29 is 0 Å². The van der Waals surface area contributed by atoms with Crippen molar-refractivity contribution in [2.45, 2.75) is 20.4 Å². The fraction of sp³-hybridized carbons (Fsp3) is 0.765. The van der Waals surface area contributed by atoms with Crippen LogP contribution in [0.25, 0.3) is 0 Å². The molecule has 1 aromatic rings. The van der Waals surface area contributed by atoms with Crippen LogP contribution in [0.4, 0.5) is 0 Å². The Morgan fingerprint density at radius 3 is 2.48 bits per heavy atom. The molecule has 1 aliphatic rings. The number of likely N-dealkylation sites (N-methyl/N-ethyl adjacent to an activating group) is 1. The van der Waals surface area contributed by atoms with Crippen molar-refractivity contribution >= 4 is 29.9 Å². The lowest BCUT2D eigenvalue weighted by molar-refractivity contribution is 0.124. The molecule has 0 aliphatic carbocycles. The van der Waals surface area contributed by atoms with Gasteiger partial charge in [-0.15, -0.1) is 24.0 Å². The van der Waals surface area contributed by atoms with E-state index < -0.39 is 0 Å². The van der Waals surface area contributed by atoms with E-state index in [0.29, 0.717) is 5.92 Å². The number of aliphatic imine (C=N–C) groups is 1. The highest BCUT2D eigenvalue weighted by molar-refractivity contribution is 14.0. The van der Waals surface area contributed by atoms with E-state index in [1.807, 2.05) is 31.0 Å². The number of guanidine groups is 1. The molecule has 0 bridgehead atoms. The smallest absolute Gasteiger partial charge is 0.191 e. The maximum atomic E-state index is 4.30. The number of hydrogen-bond acceptors (Lipinski definition) is 4. The Morgan fingerprint density at radius 1 is 1.24 bits per heavy atom. The molecule has 0 aromatic carbocycles. The van der Waals surface area contributed by atoms with Gasteiger partial charge in [-0.05, 0) is 18.5 Å². The van der Waals surface area contributed by atoms with Crippen LogP contribution in [0.15, 0.2) is 17.3 Å². The second-order valence-corrected chi connectivity index (χ2v) is 6.59. The second-order valence-electron chi connectivity index (χ2n) is 6.59. The summed E-state index contributed by atoms with van der Waals surface area (Å²) >= 11 is 0. The molecular formula is C17H34IN7. The summed E-state index contributed by atoms with van der Waals surface area (Å²) in [4.78, 5) is 9.39. The predicted octanol–water partition coefficient (Wildman–Crippen LogP) is 0.977. The minimum atomic E-state index is 0. The molecule has 25 heavy (non-hydrogen) atoms. The van der Waals surface area contributed by atoms with Crippen LogP contribution in [0, 0.1) is 5.92 Å². The fourth-order valence-electron chi connectivity index (χ4n) is 3.03. The average molecular weight is 463 g/mol. The second kappa shape index (κ2) is 11.7. The summed E-state index contributed by atoms with van der Waals surface area (Å²) in [5, 5.41) is 11.0. The zero-order valence-corrected chi connectivity index (χ0v) is 18.4. The minimum Gasteiger partial charge on any atom is -0.356 e. The SMILES string of the molecule is CCN1CCN(CC(C)CNC(=NC)NCc2ccnn2C)CC1.I. The van der Waals surface area contributed by atoms with E-state index in [1.54, 1.807) is 0 Å². The monoisotopic (exact) mass is 463 g/mol. The third kappa shape index (κ3) is 7.49. The highest BCUT2D eigenvalue weighted by Gasteiger charge is 2.17. The maximum Gasteiger partial charge on any atom is 0.191 e. The summed E-state index contributed by atoms with van der Waals surface area (Å²) in [6.07, 6.45) is 1.81. The fourth-order valence-corrected chi connectivity index (χ4v) is 3.03. The lowest BCUT2D eigenvalue weighted by Gasteiger charge is -2.35. The van der Waals surface area contributed by atoms with Gasteiger partial charge in [-0.2, -0.15) is 5.10 Å². The molecule has 2 heterocycles. The van der Waals surface area contributed by atoms with E-state index in [0.717, 1.165) is 31.3 Å². The number of rotatable bonds is 7. The van der Waals surface area contributed by atoms with Crippen molar-refractivity contribution in [1.29, 1.82) is 0 Å². The molecule has 1 aromatic heterocycles. The van der Waals surface area contributed by atoms with Gasteiger partial charge in [0.2, 0.25) is 0 Å². The Kier molecular flexibility index (Phi) is 10.4. The highest BCUT2D eigenvalue weighted by Crippen LogP contribution is 2.05. The molecule has 1 saturated heterocycles. The molecule has 0 spiro atoms. The molecular weight excluding hydrogens is 429 g/mol. The first-order valence-electron chi connectivity index (χ1n) is 8.98. The largest absolute Gasteiger partial charge is 0.356 e. The van der Waals surface area contributed by atoms with Crippen LogP contribution in [-0.4, -0.2) is 78.4 Å². The Hall–Kier alpha value is -0.870. The van der Waals surface area contributed by atoms with Crippen molar-refractivity contribution in [1.82, 2.24) is 30.2 Å². The van der Waals surface area contributed by atoms with Crippen LogP contribution in [0.1, 0.15) is 19.5 Å². The lowest BCUT2D eigenvalue weighted by Crippen LogP contribution is -2.48. The summed E-state index contributed by atoms with van der Waals surface area (Å²) in [7, 11) is 3.76. The van der Waals surface area contributed by atoms with Crippen molar-refractivity contribution in [2.75, 3.05) is 52.9 Å². The first-order chi connectivity index (χ1) is 11.6. The third-order valence-electron chi connectivity index (χ3n) is 4.68. The van der Waals surface area contributed by atoms with Gasteiger partial charge in [0.1, 0.15) is 0 Å². The summed E-state index contributed by atoms with van der Waals surface area (Å²) in [5.41, 5.74) is 1.14. The molecule has 2 rings (SSSR count). The number of hydrogen-bond donors (Lipinski definition) is 2. The Morgan fingerprint density at radius 2 is 1.92 bits per heavy atom. The predicted molar refractivity (Wildman–Crippen MR) is 115 cm³/mol. The normalized spacial score (nSPS) is 17.8. The van der Waals surface area contributed by atoms with Crippen LogP contribution >= 0.6 is 24.0 Å². The first-order valence-corrected chi connectivity index (χ1v) is 8.98. The van der Waals surface area contributed by atoms with Crippen molar-refractivity contribution in [3.05, 3.63) is 18.0 Å². The first kappa shape index (κ1) is 22.2. The van der Waals surface area contributed by atoms with Gasteiger partial charge < -0.3 is 20.4 Å². The van der Waals surface area contributed by atoms with Gasteiger partial charge in [-0.25, -0.2) is 0 Å². The summed E-state index contributed by atoms with van der Waals surface area (Å²) in [5.74, 6) is 1.44. The summed E-state index contributed by atoms with van der Waals surface area (Å²) in [6, 6.07) is 2.01. The van der Waals surface area contributed by atoms with Crippen LogP contribution in [0.2, 0.25) is 0 Å². The molecule has 0 saturated carbocycles. The molecule has 2 N–H and O–H groups in total. The third-order valence-corrected chi connectivity index (χ3v) is 4.68. The average Bonchev–Trinajstić information content (AvgIpc) is 3.01. The zero-order chi connectivity index (χ0) is 17.4. The van der Waals surface area contributed by atoms with Gasteiger partial charge in [0.25, 0.3) is 0 Å². The van der Waals surface area contributed by atoms with Gasteiger partial charge in [-0.1, -0.05) is 13.8 Å². The topological polar surface area (TPSA) is 60.7 Å². The lowest BCUT2D eigenvalue weighted by atomic mass is 10.1. The number of piperazine rings is 1. The standard InChI is InChI=1S/C17H33N7.HI/c1-5-23-8-10-24(11-9-23)14-15(2)12-19-17(18-3)20-13-16-6-7-21-22(16)4;/h6-7,15H,5,8-14H2,1-4H3,(H2,18,19,20);1H. The number of nitrogens with one attached hydrogen (secondary N) is 2. The maximum absolute atomic E-state index is 4.30. The molecule has 8 heteroatoms. The molecule has 1 unspecified atom stereocenters. The van der Waals surface area contributed by atoms with E-state index >= 15 is 0 Å². The zero-order valence-electron chi connectivity index (χ0n) is 16.0. The van der Waals surface area contributed by atoms with E-state index in [2.05, 4.69) is 44.4 Å². The van der Waals surface area contributed by atoms with Crippen LogP contribution in [0.3, 0.4) is 0 Å². The van der Waals surface area contributed by atoms with E-state index in [1.165, 1.54) is 32.7 Å². The number of halogens is 1. The summed E-state index contributed by atoms with van der Waals surface area (Å²) in [6.45, 7) is 13.3. The quantitative estimate of drug-likeness (QED) is 0.359. The molecule has 1 fully saturated rings. The van der Waals surface area contributed by atoms with Crippen molar-refractivity contribution in [2.24, 2.45) is 18.0 Å². The van der Waals surface area contributed by atoms with E-state index in [9.17, 15) is 0 Å². The molecule has 144 valence electrons. The minimum absolute atomic E-state index is 0.